The van der Waals surface area contributed by atoms with Gasteiger partial charge in [0.1, 0.15) is 11.4 Å². The summed E-state index contributed by atoms with van der Waals surface area (Å²) in [4.78, 5) is 17.0. The lowest BCUT2D eigenvalue weighted by Crippen LogP contribution is -2.39. The highest BCUT2D eigenvalue weighted by atomic mass is 35.5. The van der Waals surface area contributed by atoms with E-state index in [2.05, 4.69) is 126 Å². The molecule has 5 aromatic carbocycles. The van der Waals surface area contributed by atoms with Crippen molar-refractivity contribution in [2.75, 3.05) is 0 Å². The molecule has 0 spiro atoms. The summed E-state index contributed by atoms with van der Waals surface area (Å²) in [6.07, 6.45) is 2.77. The first-order chi connectivity index (χ1) is 28.5. The summed E-state index contributed by atoms with van der Waals surface area (Å²) in [7, 11) is 0. The number of thiophene rings is 1. The zero-order valence-electron chi connectivity index (χ0n) is 31.9. The van der Waals surface area contributed by atoms with E-state index in [-0.39, 0.29) is 18.8 Å². The summed E-state index contributed by atoms with van der Waals surface area (Å²) >= 11 is 8.11. The second-order valence-corrected chi connectivity index (χ2v) is 15.3. The van der Waals surface area contributed by atoms with Crippen LogP contribution in [0, 0.1) is 0 Å². The lowest BCUT2D eigenvalue weighted by atomic mass is 9.77. The number of ether oxygens (including phenoxy) is 1. The number of carboxylic acid groups (broad SMARTS) is 1. The third-order valence-corrected chi connectivity index (χ3v) is 11.6. The molecule has 0 radical (unpaired) electrons. The van der Waals surface area contributed by atoms with Crippen LogP contribution in [0.25, 0.3) is 22.5 Å². The molecule has 3 heterocycles. The Labute approximate surface area is 346 Å². The number of tetrazole rings is 1. The first kappa shape index (κ1) is 38.7. The zero-order chi connectivity index (χ0) is 39.9. The van der Waals surface area contributed by atoms with Crippen molar-refractivity contribution in [3.8, 4) is 22.5 Å². The number of hydrogen-bond donors (Lipinski definition) is 1. The Hall–Kier alpha value is -6.20. The molecule has 8 aromatic rings. The van der Waals surface area contributed by atoms with E-state index in [0.29, 0.717) is 22.4 Å². The molecule has 9 nitrogen and oxygen atoms in total. The van der Waals surface area contributed by atoms with E-state index in [9.17, 15) is 9.90 Å². The van der Waals surface area contributed by atoms with Crippen LogP contribution < -0.4 is 0 Å². The van der Waals surface area contributed by atoms with Gasteiger partial charge in [-0.3, -0.25) is 0 Å². The Balaban J connectivity index is 1.14. The fourth-order valence-electron chi connectivity index (χ4n) is 7.63. The van der Waals surface area contributed by atoms with Crippen LogP contribution >= 0.6 is 22.9 Å². The van der Waals surface area contributed by atoms with Gasteiger partial charge in [0.05, 0.1) is 24.5 Å². The van der Waals surface area contributed by atoms with E-state index < -0.39 is 11.5 Å². The van der Waals surface area contributed by atoms with Crippen LogP contribution in [0.4, 0.5) is 0 Å². The molecule has 8 rings (SSSR count). The lowest BCUT2D eigenvalue weighted by molar-refractivity contribution is 0.0685. The molecule has 0 saturated carbocycles. The highest BCUT2D eigenvalue weighted by Crippen LogP contribution is 2.43. The molecule has 0 amide bonds. The second kappa shape index (κ2) is 17.5. The molecular formula is C47H41ClN6O3S. The maximum Gasteiger partial charge on any atom is 0.336 e. The lowest BCUT2D eigenvalue weighted by Gasteiger charge is -2.36. The number of aromatic carboxylic acids is 1. The molecule has 0 saturated heterocycles. The molecule has 0 aliphatic rings. The fraction of sp³-hybridized carbons (Fsp3) is 0.170. The van der Waals surface area contributed by atoms with E-state index >= 15 is 0 Å². The highest BCUT2D eigenvalue weighted by Gasteiger charge is 2.42. The largest absolute Gasteiger partial charge is 0.478 e. The van der Waals surface area contributed by atoms with Gasteiger partial charge >= 0.3 is 5.97 Å². The number of benzene rings is 5. The summed E-state index contributed by atoms with van der Waals surface area (Å²) < 4.78 is 10.2. The molecular weight excluding hydrogens is 764 g/mol. The SMILES string of the molecule is CCCCc1nc(Cl)c(COCc2sccc2C(=O)O)n1Cc1ccc(-c2ccccc2-c2nnnn2C(c2ccccc2)(c2ccccc2)c2ccccc2)cc1. The molecule has 290 valence electrons. The topological polar surface area (TPSA) is 108 Å². The number of imidazole rings is 1. The van der Waals surface area contributed by atoms with Gasteiger partial charge in [-0.1, -0.05) is 164 Å². The van der Waals surface area contributed by atoms with Gasteiger partial charge in [0.2, 0.25) is 0 Å². The number of rotatable bonds is 16. The van der Waals surface area contributed by atoms with E-state index in [1.807, 2.05) is 35.0 Å². The average Bonchev–Trinajstić information content (AvgIpc) is 4.02. The summed E-state index contributed by atoms with van der Waals surface area (Å²) in [6, 6.07) is 49.6. The van der Waals surface area contributed by atoms with Gasteiger partial charge in [0, 0.05) is 23.4 Å². The number of aryl methyl sites for hydroxylation is 1. The second-order valence-electron chi connectivity index (χ2n) is 14.0. The van der Waals surface area contributed by atoms with Crippen molar-refractivity contribution < 1.29 is 14.6 Å². The molecule has 0 aliphatic carbocycles. The van der Waals surface area contributed by atoms with E-state index in [1.165, 1.54) is 11.3 Å². The quantitative estimate of drug-likeness (QED) is 0.0969. The predicted octanol–water partition coefficient (Wildman–Crippen LogP) is 10.6. The number of carboxylic acids is 1. The molecule has 0 aliphatic heterocycles. The molecule has 1 N–H and O–H groups in total. The van der Waals surface area contributed by atoms with Crippen LogP contribution in [-0.2, 0) is 36.5 Å². The standard InChI is InChI=1S/C47H41ClN6O3S/c1-2-3-23-43-49-44(48)41(31-57-32-42-40(46(55)56)28-29-58-42)53(43)30-33-24-26-34(27-25-33)38-21-13-14-22-39(38)45-50-51-52-54(45)47(35-15-7-4-8-16-35,36-17-9-5-10-18-36)37-19-11-6-12-20-37/h4-22,24-29H,2-3,23,30-32H2,1H3,(H,55,56). The predicted molar refractivity (Wildman–Crippen MR) is 228 cm³/mol. The average molecular weight is 805 g/mol. The summed E-state index contributed by atoms with van der Waals surface area (Å²) in [5.74, 6) is 0.564. The van der Waals surface area contributed by atoms with Crippen LogP contribution in [0.2, 0.25) is 5.15 Å². The Morgan fingerprint density at radius 3 is 1.98 bits per heavy atom. The maximum atomic E-state index is 11.6. The van der Waals surface area contributed by atoms with Crippen molar-refractivity contribution in [3.05, 3.63) is 200 Å². The summed E-state index contributed by atoms with van der Waals surface area (Å²) in [6.45, 7) is 3.07. The van der Waals surface area contributed by atoms with Gasteiger partial charge in [-0.05, 0) is 61.7 Å². The van der Waals surface area contributed by atoms with Gasteiger partial charge in [-0.2, -0.15) is 0 Å². The number of halogens is 1. The minimum Gasteiger partial charge on any atom is -0.478 e. The molecule has 0 bridgehead atoms. The van der Waals surface area contributed by atoms with Crippen molar-refractivity contribution >= 4 is 28.9 Å². The minimum absolute atomic E-state index is 0.172. The number of aromatic nitrogens is 6. The molecule has 0 unspecified atom stereocenters. The minimum atomic E-state index is -0.964. The number of carbonyl (C=O) groups is 1. The Morgan fingerprint density at radius 2 is 1.38 bits per heavy atom. The van der Waals surface area contributed by atoms with Gasteiger partial charge in [0.25, 0.3) is 0 Å². The smallest absolute Gasteiger partial charge is 0.336 e. The van der Waals surface area contributed by atoms with Crippen LogP contribution in [0.1, 0.15) is 68.8 Å². The fourth-order valence-corrected chi connectivity index (χ4v) is 8.68. The van der Waals surface area contributed by atoms with Crippen LogP contribution in [0.15, 0.2) is 151 Å². The highest BCUT2D eigenvalue weighted by molar-refractivity contribution is 7.10. The third-order valence-electron chi connectivity index (χ3n) is 10.4. The van der Waals surface area contributed by atoms with Gasteiger partial charge < -0.3 is 14.4 Å². The van der Waals surface area contributed by atoms with Crippen molar-refractivity contribution in [3.63, 3.8) is 0 Å². The number of nitrogens with zero attached hydrogens (tertiary/aromatic N) is 6. The summed E-state index contributed by atoms with van der Waals surface area (Å²) in [5, 5.41) is 25.5. The van der Waals surface area contributed by atoms with Crippen molar-refractivity contribution in [2.45, 2.75) is 51.5 Å². The first-order valence-electron chi connectivity index (χ1n) is 19.2. The molecule has 3 aromatic heterocycles. The van der Waals surface area contributed by atoms with Crippen molar-refractivity contribution in [2.24, 2.45) is 0 Å². The number of hydrogen-bond acceptors (Lipinski definition) is 7. The van der Waals surface area contributed by atoms with Crippen LogP contribution in [0.3, 0.4) is 0 Å². The van der Waals surface area contributed by atoms with E-state index in [0.717, 1.165) is 69.7 Å². The third kappa shape index (κ3) is 7.61. The molecule has 0 atom stereocenters. The monoisotopic (exact) mass is 804 g/mol. The Bertz CT molecular complexity index is 2510. The zero-order valence-corrected chi connectivity index (χ0v) is 33.5. The van der Waals surface area contributed by atoms with Gasteiger partial charge in [-0.15, -0.1) is 16.4 Å². The molecule has 58 heavy (non-hydrogen) atoms. The molecule has 11 heteroatoms. The van der Waals surface area contributed by atoms with E-state index in [4.69, 9.17) is 31.6 Å². The Morgan fingerprint density at radius 1 is 0.776 bits per heavy atom. The molecule has 0 fully saturated rings. The van der Waals surface area contributed by atoms with Crippen LogP contribution in [-0.4, -0.2) is 40.8 Å². The number of unbranched alkanes of at least 4 members (excludes halogenated alkanes) is 1. The van der Waals surface area contributed by atoms with Crippen LogP contribution in [0.5, 0.6) is 0 Å². The summed E-state index contributed by atoms with van der Waals surface area (Å²) in [5.41, 5.74) is 7.20. The normalized spacial score (nSPS) is 11.6. The Kier molecular flexibility index (Phi) is 11.7. The van der Waals surface area contributed by atoms with Crippen molar-refractivity contribution in [1.29, 1.82) is 0 Å². The van der Waals surface area contributed by atoms with Gasteiger partial charge in [0.15, 0.2) is 11.0 Å². The van der Waals surface area contributed by atoms with Gasteiger partial charge in [-0.25, -0.2) is 14.5 Å². The van der Waals surface area contributed by atoms with Crippen molar-refractivity contribution in [1.82, 2.24) is 29.8 Å². The maximum absolute atomic E-state index is 11.6. The van der Waals surface area contributed by atoms with E-state index in [1.54, 1.807) is 11.4 Å². The first-order valence-corrected chi connectivity index (χ1v) is 20.5.